The van der Waals surface area contributed by atoms with E-state index in [9.17, 15) is 0 Å². The number of benzene rings is 18. The molecule has 0 heterocycles. The maximum absolute atomic E-state index is 2.23. The normalized spacial score (nSPS) is 10.1. The second-order valence-electron chi connectivity index (χ2n) is 26.1. The topological polar surface area (TPSA) is 0 Å². The van der Waals surface area contributed by atoms with E-state index >= 15 is 0 Å². The van der Waals surface area contributed by atoms with Crippen LogP contribution >= 0.6 is 47.5 Å². The van der Waals surface area contributed by atoms with Crippen molar-refractivity contribution in [3.8, 4) is 0 Å². The zero-order valence-corrected chi connectivity index (χ0v) is 76.8. The Hall–Kier alpha value is -8.34. The molecule has 0 N–H and O–H groups in total. The van der Waals surface area contributed by atoms with E-state index in [0.717, 1.165) is 0 Å². The largest absolute Gasteiger partial charge is 0.0622 e. The average molecular weight is 1960 g/mol. The van der Waals surface area contributed by atoms with E-state index in [1.165, 1.54) is 95.5 Å². The van der Waals surface area contributed by atoms with Gasteiger partial charge in [-0.15, -0.1) is 0 Å². The van der Waals surface area contributed by atoms with E-state index in [1.54, 1.807) is 0 Å². The van der Waals surface area contributed by atoms with Gasteiger partial charge in [-0.1, -0.05) is 546 Å². The second kappa shape index (κ2) is 56.4. The molecular weight excluding hydrogens is 1860 g/mol. The summed E-state index contributed by atoms with van der Waals surface area (Å²) in [5.41, 5.74) is 0. The predicted molar refractivity (Wildman–Crippen MR) is 519 cm³/mol. The first-order chi connectivity index (χ1) is 56.7. The minimum atomic E-state index is -0.446. The SMILES string of the molecule is [CuH].[CuH].[CuH].[CuH].[CuH].[CuH].c1ccc(P(c2ccccc2)c2ccccc2)cc1.c1ccc(P(c2ccccc2)c2ccccc2)cc1.c1ccc(P(c2ccccc2)c2ccccc2)cc1.c1ccc(P(c2ccccc2)c2ccccc2)cc1.c1ccc(P(c2ccccc2)c2ccccc2)cc1.c1ccc(P(c2ccccc2)c2ccccc2)cc1. The van der Waals surface area contributed by atoms with Gasteiger partial charge in [0.25, 0.3) is 0 Å². The van der Waals surface area contributed by atoms with E-state index < -0.39 is 47.5 Å². The van der Waals surface area contributed by atoms with Gasteiger partial charge in [-0.3, -0.25) is 0 Å². The van der Waals surface area contributed by atoms with Crippen molar-refractivity contribution in [2.75, 3.05) is 0 Å². The van der Waals surface area contributed by atoms with Gasteiger partial charge in [-0.25, -0.2) is 0 Å². The maximum atomic E-state index is 2.23. The van der Waals surface area contributed by atoms with E-state index in [2.05, 4.69) is 546 Å². The van der Waals surface area contributed by atoms with Crippen molar-refractivity contribution in [2.24, 2.45) is 0 Å². The molecule has 0 nitrogen and oxygen atoms in total. The summed E-state index contributed by atoms with van der Waals surface area (Å²) in [7, 11) is -2.68. The molecule has 0 aliphatic heterocycles. The molecule has 0 spiro atoms. The summed E-state index contributed by atoms with van der Waals surface area (Å²) in [4.78, 5) is 0. The number of rotatable bonds is 18. The van der Waals surface area contributed by atoms with Gasteiger partial charge in [0, 0.05) is 0 Å². The van der Waals surface area contributed by atoms with Crippen molar-refractivity contribution < 1.29 is 102 Å². The van der Waals surface area contributed by atoms with Gasteiger partial charge in [0.05, 0.1) is 0 Å². The molecule has 0 unspecified atom stereocenters. The molecule has 624 valence electrons. The summed E-state index contributed by atoms with van der Waals surface area (Å²) in [5.74, 6) is 0. The van der Waals surface area contributed by atoms with Crippen molar-refractivity contribution in [1.82, 2.24) is 0 Å². The average Bonchev–Trinajstić information content (AvgIpc) is 0.853. The van der Waals surface area contributed by atoms with Gasteiger partial charge in [-0.2, -0.15) is 0 Å². The minimum absolute atomic E-state index is 0. The van der Waals surface area contributed by atoms with Crippen LogP contribution in [0.5, 0.6) is 0 Å². The predicted octanol–water partition coefficient (Wildman–Crippen LogP) is 19.0. The van der Waals surface area contributed by atoms with Crippen LogP contribution in [0.1, 0.15) is 0 Å². The van der Waals surface area contributed by atoms with Crippen LogP contribution in [0.2, 0.25) is 0 Å². The fourth-order valence-corrected chi connectivity index (χ4v) is 26.9. The van der Waals surface area contributed by atoms with Crippen molar-refractivity contribution in [1.29, 1.82) is 0 Å². The third-order valence-electron chi connectivity index (χ3n) is 18.3. The molecule has 120 heavy (non-hydrogen) atoms. The summed E-state index contributed by atoms with van der Waals surface area (Å²) in [6.07, 6.45) is 0. The summed E-state index contributed by atoms with van der Waals surface area (Å²) >= 11 is 0. The molecule has 18 aromatic carbocycles. The van der Waals surface area contributed by atoms with Crippen molar-refractivity contribution in [3.63, 3.8) is 0 Å². The van der Waals surface area contributed by atoms with Crippen LogP contribution in [0.4, 0.5) is 0 Å². The smallest absolute Gasteiger partial charge is 0.0134 e. The molecule has 0 aliphatic rings. The Morgan fingerprint density at radius 3 is 0.150 bits per heavy atom. The molecule has 0 bridgehead atoms. The molecule has 0 amide bonds. The van der Waals surface area contributed by atoms with E-state index in [1.807, 2.05) is 0 Å². The fraction of sp³-hybridized carbons (Fsp3) is 0. The fourth-order valence-electron chi connectivity index (χ4n) is 13.1. The van der Waals surface area contributed by atoms with Gasteiger partial charge < -0.3 is 0 Å². The molecule has 0 saturated carbocycles. The third kappa shape index (κ3) is 30.0. The molecule has 12 heteroatoms. The van der Waals surface area contributed by atoms with Gasteiger partial charge in [0.15, 0.2) is 0 Å². The molecular formula is C108H96Cu6P6. The van der Waals surface area contributed by atoms with Crippen molar-refractivity contribution >= 4 is 143 Å². The molecule has 0 atom stereocenters. The summed E-state index contributed by atoms with van der Waals surface area (Å²) < 4.78 is 0. The van der Waals surface area contributed by atoms with Gasteiger partial charge in [0.1, 0.15) is 0 Å². The molecule has 6 radical (unpaired) electrons. The molecule has 18 rings (SSSR count). The van der Waals surface area contributed by atoms with Gasteiger partial charge in [-0.05, 0) is 143 Å². The molecule has 0 fully saturated rings. The molecule has 0 aromatic heterocycles. The van der Waals surface area contributed by atoms with Crippen molar-refractivity contribution in [3.05, 3.63) is 546 Å². The van der Waals surface area contributed by atoms with Crippen LogP contribution in [0.3, 0.4) is 0 Å². The minimum Gasteiger partial charge on any atom is -0.0622 e. The first-order valence-electron chi connectivity index (χ1n) is 38.4. The van der Waals surface area contributed by atoms with Crippen LogP contribution in [0.25, 0.3) is 0 Å². The standard InChI is InChI=1S/6C18H15P.6Cu.6H/c6*1-4-10-16(11-5-1)19(17-12-6-2-7-13-17)18-14-8-3-9-15-18;;;;;;;;;;;;/h6*1-15H;;;;;;;;;;;;. The van der Waals surface area contributed by atoms with Gasteiger partial charge >= 0.3 is 102 Å². The monoisotopic (exact) mass is 1960 g/mol. The van der Waals surface area contributed by atoms with Crippen LogP contribution in [-0.4, -0.2) is 0 Å². The van der Waals surface area contributed by atoms with Crippen LogP contribution in [0.15, 0.2) is 546 Å². The Labute approximate surface area is 783 Å². The Morgan fingerprint density at radius 2 is 0.108 bits per heavy atom. The Bertz CT molecular complexity index is 4100. The molecule has 18 aromatic rings. The van der Waals surface area contributed by atoms with E-state index in [4.69, 9.17) is 0 Å². The first kappa shape index (κ1) is 98.8. The quantitative estimate of drug-likeness (QED) is 0.0593. The van der Waals surface area contributed by atoms with Crippen LogP contribution < -0.4 is 95.5 Å². The van der Waals surface area contributed by atoms with Crippen LogP contribution in [-0.2, 0) is 102 Å². The summed E-state index contributed by atoms with van der Waals surface area (Å²) in [5, 5.41) is 25.2. The number of hydrogen-bond acceptors (Lipinski definition) is 0. The Morgan fingerprint density at radius 1 is 0.0667 bits per heavy atom. The summed E-state index contributed by atoms with van der Waals surface area (Å²) in [6, 6.07) is 194. The molecule has 0 aliphatic carbocycles. The third-order valence-corrected chi connectivity index (χ3v) is 32.9. The first-order valence-corrected chi connectivity index (χ1v) is 46.5. The number of hydrogen-bond donors (Lipinski definition) is 0. The Kier molecular flexibility index (Phi) is 46.4. The van der Waals surface area contributed by atoms with Gasteiger partial charge in [0.2, 0.25) is 0 Å². The van der Waals surface area contributed by atoms with Crippen molar-refractivity contribution in [2.45, 2.75) is 0 Å². The molecule has 0 saturated heterocycles. The van der Waals surface area contributed by atoms with E-state index in [-0.39, 0.29) is 102 Å². The summed E-state index contributed by atoms with van der Waals surface area (Å²) in [6.45, 7) is 0. The zero-order valence-electron chi connectivity index (χ0n) is 65.5. The van der Waals surface area contributed by atoms with Crippen LogP contribution in [0, 0.1) is 0 Å². The maximum Gasteiger partial charge on any atom is -0.0134 e. The van der Waals surface area contributed by atoms with E-state index in [0.29, 0.717) is 0 Å². The Balaban J connectivity index is 0.000000196. The zero-order chi connectivity index (χ0) is 77.5. The second-order valence-corrected chi connectivity index (χ2v) is 39.4.